The highest BCUT2D eigenvalue weighted by atomic mass is 32.1. The number of hydrogen-bond acceptors (Lipinski definition) is 3. The number of thiazole rings is 1. The van der Waals surface area contributed by atoms with Crippen LogP contribution in [-0.4, -0.2) is 22.3 Å². The van der Waals surface area contributed by atoms with Gasteiger partial charge < -0.3 is 4.90 Å². The predicted molar refractivity (Wildman–Crippen MR) is 69.6 cm³/mol. The highest BCUT2D eigenvalue weighted by Gasteiger charge is 2.22. The number of fused-ring (bicyclic) bond motifs is 1. The summed E-state index contributed by atoms with van der Waals surface area (Å²) in [7, 11) is 0. The van der Waals surface area contributed by atoms with Crippen LogP contribution in [0.15, 0.2) is 29.8 Å². The van der Waals surface area contributed by atoms with Gasteiger partial charge in [-0.2, -0.15) is 0 Å². The van der Waals surface area contributed by atoms with Gasteiger partial charge in [-0.25, -0.2) is 4.98 Å². The molecule has 2 aromatic rings. The van der Waals surface area contributed by atoms with Crippen LogP contribution in [0.1, 0.15) is 18.9 Å². The third-order valence-corrected chi connectivity index (χ3v) is 3.96. The highest BCUT2D eigenvalue weighted by molar-refractivity contribution is 7.16. The summed E-state index contributed by atoms with van der Waals surface area (Å²) in [6, 6.07) is 6.43. The summed E-state index contributed by atoms with van der Waals surface area (Å²) >= 11 is 1.63. The lowest BCUT2D eigenvalue weighted by Crippen LogP contribution is -2.25. The Morgan fingerprint density at radius 1 is 1.53 bits per heavy atom. The Balaban J connectivity index is 2.06. The van der Waals surface area contributed by atoms with E-state index in [1.165, 1.54) is 4.70 Å². The van der Waals surface area contributed by atoms with Crippen molar-refractivity contribution in [3.8, 4) is 0 Å². The third kappa shape index (κ3) is 1.65. The Morgan fingerprint density at radius 3 is 3.24 bits per heavy atom. The molecule has 0 radical (unpaired) electrons. The Morgan fingerprint density at radius 2 is 2.41 bits per heavy atom. The van der Waals surface area contributed by atoms with Crippen LogP contribution in [0.2, 0.25) is 0 Å². The highest BCUT2D eigenvalue weighted by Crippen LogP contribution is 2.30. The molecule has 1 aromatic carbocycles. The van der Waals surface area contributed by atoms with Crippen LogP contribution in [0.4, 0.5) is 0 Å². The summed E-state index contributed by atoms with van der Waals surface area (Å²) in [5, 5.41) is 0. The monoisotopic (exact) mass is 244 g/mol. The number of aromatic nitrogens is 1. The molecular formula is C13H12N2OS. The summed E-state index contributed by atoms with van der Waals surface area (Å²) in [6.45, 7) is 2.05. The number of rotatable bonds is 2. The molecule has 0 aliphatic carbocycles. The first-order valence-corrected chi connectivity index (χ1v) is 6.45. The van der Waals surface area contributed by atoms with Gasteiger partial charge in [-0.1, -0.05) is 12.1 Å². The minimum atomic E-state index is 0.258. The molecule has 86 valence electrons. The number of nitrogens with zero attached hydrogens (tertiary/aromatic N) is 2. The second-order valence-corrected chi connectivity index (χ2v) is 5.11. The fourth-order valence-electron chi connectivity index (χ4n) is 2.18. The SMILES string of the molecule is CC1CC=C(c2ccc3scnc3c2)N1C=O. The first kappa shape index (κ1) is 10.5. The van der Waals surface area contributed by atoms with Crippen molar-refractivity contribution in [2.24, 2.45) is 0 Å². The molecule has 3 rings (SSSR count). The molecule has 3 nitrogen and oxygen atoms in total. The van der Waals surface area contributed by atoms with E-state index in [9.17, 15) is 4.79 Å². The first-order chi connectivity index (χ1) is 8.29. The molecule has 1 aliphatic heterocycles. The van der Waals surface area contributed by atoms with Crippen molar-refractivity contribution in [3.05, 3.63) is 35.3 Å². The van der Waals surface area contributed by atoms with E-state index in [2.05, 4.69) is 30.1 Å². The van der Waals surface area contributed by atoms with Gasteiger partial charge in [-0.15, -0.1) is 11.3 Å². The van der Waals surface area contributed by atoms with Gasteiger partial charge in [0.25, 0.3) is 0 Å². The van der Waals surface area contributed by atoms with Crippen molar-refractivity contribution < 1.29 is 4.79 Å². The van der Waals surface area contributed by atoms with E-state index in [1.807, 2.05) is 11.6 Å². The molecule has 0 saturated carbocycles. The zero-order valence-electron chi connectivity index (χ0n) is 9.46. The number of carbonyl (C=O) groups is 1. The van der Waals surface area contributed by atoms with Crippen molar-refractivity contribution in [3.63, 3.8) is 0 Å². The molecular weight excluding hydrogens is 232 g/mol. The van der Waals surface area contributed by atoms with Crippen molar-refractivity contribution in [1.29, 1.82) is 0 Å². The molecule has 1 amide bonds. The first-order valence-electron chi connectivity index (χ1n) is 5.57. The van der Waals surface area contributed by atoms with Gasteiger partial charge in [0.1, 0.15) is 0 Å². The Labute approximate surface area is 103 Å². The van der Waals surface area contributed by atoms with E-state index in [0.717, 1.165) is 29.6 Å². The average Bonchev–Trinajstić information content (AvgIpc) is 2.93. The molecule has 17 heavy (non-hydrogen) atoms. The molecule has 0 N–H and O–H groups in total. The van der Waals surface area contributed by atoms with E-state index in [-0.39, 0.29) is 6.04 Å². The summed E-state index contributed by atoms with van der Waals surface area (Å²) in [4.78, 5) is 17.2. The van der Waals surface area contributed by atoms with Crippen LogP contribution in [0.5, 0.6) is 0 Å². The molecule has 1 aromatic heterocycles. The summed E-state index contributed by atoms with van der Waals surface area (Å²) in [5.74, 6) is 0. The van der Waals surface area contributed by atoms with Gasteiger partial charge in [-0.3, -0.25) is 4.79 Å². The normalized spacial score (nSPS) is 19.7. The molecule has 2 heterocycles. The van der Waals surface area contributed by atoms with Crippen LogP contribution in [0.25, 0.3) is 15.9 Å². The molecule has 0 saturated heterocycles. The summed E-state index contributed by atoms with van der Waals surface area (Å²) in [6.07, 6.45) is 3.95. The molecule has 1 unspecified atom stereocenters. The van der Waals surface area contributed by atoms with Crippen molar-refractivity contribution in [2.45, 2.75) is 19.4 Å². The Hall–Kier alpha value is -1.68. The van der Waals surface area contributed by atoms with Gasteiger partial charge in [0.15, 0.2) is 0 Å². The van der Waals surface area contributed by atoms with E-state index in [4.69, 9.17) is 0 Å². The van der Waals surface area contributed by atoms with Gasteiger partial charge >= 0.3 is 0 Å². The van der Waals surface area contributed by atoms with E-state index in [0.29, 0.717) is 0 Å². The molecule has 0 fully saturated rings. The zero-order valence-corrected chi connectivity index (χ0v) is 10.3. The molecule has 4 heteroatoms. The fourth-order valence-corrected chi connectivity index (χ4v) is 2.84. The lowest BCUT2D eigenvalue weighted by molar-refractivity contribution is -0.116. The maximum Gasteiger partial charge on any atom is 0.214 e. The maximum absolute atomic E-state index is 11.1. The zero-order chi connectivity index (χ0) is 11.8. The maximum atomic E-state index is 11.1. The minimum Gasteiger partial charge on any atom is -0.312 e. The Bertz CT molecular complexity index is 602. The van der Waals surface area contributed by atoms with Gasteiger partial charge in [0.05, 0.1) is 15.7 Å². The lowest BCUT2D eigenvalue weighted by atomic mass is 10.1. The number of amides is 1. The summed E-state index contributed by atoms with van der Waals surface area (Å²) in [5.41, 5.74) is 4.92. The average molecular weight is 244 g/mol. The van der Waals surface area contributed by atoms with Crippen LogP contribution >= 0.6 is 11.3 Å². The minimum absolute atomic E-state index is 0.258. The van der Waals surface area contributed by atoms with Crippen molar-refractivity contribution >= 4 is 33.7 Å². The van der Waals surface area contributed by atoms with Gasteiger partial charge in [0, 0.05) is 17.3 Å². The van der Waals surface area contributed by atoms with Crippen LogP contribution in [-0.2, 0) is 4.79 Å². The summed E-state index contributed by atoms with van der Waals surface area (Å²) < 4.78 is 1.18. The third-order valence-electron chi connectivity index (χ3n) is 3.15. The van der Waals surface area contributed by atoms with Crippen molar-refractivity contribution in [1.82, 2.24) is 9.88 Å². The van der Waals surface area contributed by atoms with Crippen LogP contribution in [0.3, 0.4) is 0 Å². The molecule has 0 bridgehead atoms. The predicted octanol–water partition coefficient (Wildman–Crippen LogP) is 2.89. The number of hydrogen-bond donors (Lipinski definition) is 0. The standard InChI is InChI=1S/C13H12N2OS/c1-9-2-4-12(15(9)8-16)10-3-5-13-11(6-10)14-7-17-13/h3-9H,2H2,1H3. The van der Waals surface area contributed by atoms with Crippen LogP contribution < -0.4 is 0 Å². The Kier molecular flexibility index (Phi) is 2.44. The van der Waals surface area contributed by atoms with E-state index in [1.54, 1.807) is 16.2 Å². The van der Waals surface area contributed by atoms with Crippen LogP contribution in [0, 0.1) is 0 Å². The molecule has 0 spiro atoms. The smallest absolute Gasteiger partial charge is 0.214 e. The largest absolute Gasteiger partial charge is 0.312 e. The second kappa shape index (κ2) is 3.96. The van der Waals surface area contributed by atoms with E-state index < -0.39 is 0 Å². The van der Waals surface area contributed by atoms with Gasteiger partial charge in [0.2, 0.25) is 6.41 Å². The quantitative estimate of drug-likeness (QED) is 0.761. The lowest BCUT2D eigenvalue weighted by Gasteiger charge is -2.20. The number of benzene rings is 1. The number of carbonyl (C=O) groups excluding carboxylic acids is 1. The molecule has 1 aliphatic rings. The second-order valence-electron chi connectivity index (χ2n) is 4.22. The van der Waals surface area contributed by atoms with Crippen molar-refractivity contribution in [2.75, 3.05) is 0 Å². The topological polar surface area (TPSA) is 33.2 Å². The molecule has 1 atom stereocenters. The van der Waals surface area contributed by atoms with Gasteiger partial charge in [-0.05, 0) is 25.5 Å². The fraction of sp³-hybridized carbons (Fsp3) is 0.231. The van der Waals surface area contributed by atoms with E-state index >= 15 is 0 Å².